The van der Waals surface area contributed by atoms with Crippen LogP contribution < -0.4 is 9.64 Å². The summed E-state index contributed by atoms with van der Waals surface area (Å²) in [5.41, 5.74) is 2.27. The summed E-state index contributed by atoms with van der Waals surface area (Å²) in [4.78, 5) is 33.2. The van der Waals surface area contributed by atoms with Gasteiger partial charge in [0, 0.05) is 44.0 Å². The maximum absolute atomic E-state index is 12.7. The number of anilines is 1. The summed E-state index contributed by atoms with van der Waals surface area (Å²) in [7, 11) is 0. The summed E-state index contributed by atoms with van der Waals surface area (Å²) >= 11 is 0. The summed E-state index contributed by atoms with van der Waals surface area (Å²) in [5, 5.41) is 0. The van der Waals surface area contributed by atoms with Crippen LogP contribution >= 0.6 is 0 Å². The largest absolute Gasteiger partial charge is 0.491 e. The highest BCUT2D eigenvalue weighted by atomic mass is 16.5. The minimum absolute atomic E-state index is 0.0141. The van der Waals surface area contributed by atoms with Gasteiger partial charge in [-0.3, -0.25) is 9.69 Å². The smallest absolute Gasteiger partial charge is 0.328 e. The lowest BCUT2D eigenvalue weighted by molar-refractivity contribution is -0.130. The van der Waals surface area contributed by atoms with Crippen molar-refractivity contribution in [3.05, 3.63) is 23.8 Å². The molecule has 1 unspecified atom stereocenters. The molecule has 3 amide bonds. The van der Waals surface area contributed by atoms with E-state index in [2.05, 4.69) is 15.9 Å². The molecule has 0 bridgehead atoms. The predicted molar refractivity (Wildman–Crippen MR) is 107 cm³/mol. The standard InChI is InChI=1S/C21H28N4O4/c26-20-18-4-1-2-7-24(18)21(27)25(20)15-22-8-10-23(11-9-22)17-5-3-6-19-16(17)14-28-12-13-29-19/h3,5-6,18H,1-2,4,7-15H2. The van der Waals surface area contributed by atoms with Crippen LogP contribution in [0.3, 0.4) is 0 Å². The molecule has 0 aromatic heterocycles. The summed E-state index contributed by atoms with van der Waals surface area (Å²) < 4.78 is 11.5. The zero-order valence-electron chi connectivity index (χ0n) is 16.7. The molecule has 3 saturated heterocycles. The zero-order chi connectivity index (χ0) is 19.8. The first-order valence-corrected chi connectivity index (χ1v) is 10.6. The summed E-state index contributed by atoms with van der Waals surface area (Å²) in [6, 6.07) is 5.83. The second-order valence-corrected chi connectivity index (χ2v) is 8.16. The van der Waals surface area contributed by atoms with E-state index in [4.69, 9.17) is 9.47 Å². The Labute approximate surface area is 170 Å². The molecule has 8 nitrogen and oxygen atoms in total. The van der Waals surface area contributed by atoms with Gasteiger partial charge in [-0.2, -0.15) is 0 Å². The molecule has 3 fully saturated rings. The quantitative estimate of drug-likeness (QED) is 0.717. The Bertz CT molecular complexity index is 769. The number of carbonyl (C=O) groups excluding carboxylic acids is 2. The highest BCUT2D eigenvalue weighted by Crippen LogP contribution is 2.32. The van der Waals surface area contributed by atoms with Gasteiger partial charge in [-0.1, -0.05) is 6.07 Å². The number of imide groups is 1. The summed E-state index contributed by atoms with van der Waals surface area (Å²) in [5.74, 6) is 0.896. The second kappa shape index (κ2) is 7.84. The highest BCUT2D eigenvalue weighted by molar-refractivity contribution is 6.04. The Kier molecular flexibility index (Phi) is 5.05. The fraction of sp³-hybridized carbons (Fsp3) is 0.619. The van der Waals surface area contributed by atoms with Crippen molar-refractivity contribution < 1.29 is 19.1 Å². The molecule has 0 radical (unpaired) electrons. The van der Waals surface area contributed by atoms with Gasteiger partial charge in [0.15, 0.2) is 0 Å². The molecule has 1 aromatic carbocycles. The van der Waals surface area contributed by atoms with Gasteiger partial charge in [-0.15, -0.1) is 0 Å². The van der Waals surface area contributed by atoms with Gasteiger partial charge in [0.1, 0.15) is 18.4 Å². The Hall–Kier alpha value is -2.32. The zero-order valence-corrected chi connectivity index (χ0v) is 16.7. The van der Waals surface area contributed by atoms with E-state index < -0.39 is 0 Å². The lowest BCUT2D eigenvalue weighted by Crippen LogP contribution is -2.51. The number of carbonyl (C=O) groups is 2. The van der Waals surface area contributed by atoms with E-state index in [1.165, 1.54) is 4.90 Å². The van der Waals surface area contributed by atoms with Crippen LogP contribution in [0.5, 0.6) is 5.75 Å². The average molecular weight is 400 g/mol. The fourth-order valence-electron chi connectivity index (χ4n) is 4.82. The first-order valence-electron chi connectivity index (χ1n) is 10.6. The van der Waals surface area contributed by atoms with Gasteiger partial charge in [-0.25, -0.2) is 9.69 Å². The van der Waals surface area contributed by atoms with Crippen LogP contribution in [0.25, 0.3) is 0 Å². The molecule has 1 aromatic rings. The van der Waals surface area contributed by atoms with Crippen molar-refractivity contribution in [3.63, 3.8) is 0 Å². The molecule has 0 spiro atoms. The number of rotatable bonds is 3. The van der Waals surface area contributed by atoms with E-state index in [1.807, 2.05) is 12.1 Å². The number of nitrogens with zero attached hydrogens (tertiary/aromatic N) is 4. The second-order valence-electron chi connectivity index (χ2n) is 8.16. The number of hydrogen-bond acceptors (Lipinski definition) is 6. The normalized spacial score (nSPS) is 25.5. The Morgan fingerprint density at radius 1 is 1.00 bits per heavy atom. The van der Waals surface area contributed by atoms with E-state index in [9.17, 15) is 9.59 Å². The van der Waals surface area contributed by atoms with Crippen molar-refractivity contribution in [3.8, 4) is 5.75 Å². The van der Waals surface area contributed by atoms with E-state index in [0.717, 1.165) is 62.4 Å². The van der Waals surface area contributed by atoms with Gasteiger partial charge in [-0.05, 0) is 31.4 Å². The number of urea groups is 1. The van der Waals surface area contributed by atoms with Crippen molar-refractivity contribution in [1.82, 2.24) is 14.7 Å². The van der Waals surface area contributed by atoms with Gasteiger partial charge < -0.3 is 19.3 Å². The molecule has 5 rings (SSSR count). The molecule has 4 heterocycles. The molecule has 4 aliphatic rings. The Morgan fingerprint density at radius 3 is 2.69 bits per heavy atom. The first kappa shape index (κ1) is 18.7. The van der Waals surface area contributed by atoms with Crippen LogP contribution in [-0.2, 0) is 16.1 Å². The van der Waals surface area contributed by atoms with Gasteiger partial charge >= 0.3 is 6.03 Å². The van der Waals surface area contributed by atoms with Gasteiger partial charge in [0.25, 0.3) is 5.91 Å². The number of piperidine rings is 1. The fourth-order valence-corrected chi connectivity index (χ4v) is 4.82. The van der Waals surface area contributed by atoms with E-state index in [-0.39, 0.29) is 18.0 Å². The van der Waals surface area contributed by atoms with Crippen molar-refractivity contribution in [2.45, 2.75) is 31.9 Å². The molecule has 8 heteroatoms. The third kappa shape index (κ3) is 3.44. The number of amides is 3. The number of fused-ring (bicyclic) bond motifs is 2. The topological polar surface area (TPSA) is 65.6 Å². The van der Waals surface area contributed by atoms with Crippen molar-refractivity contribution in [1.29, 1.82) is 0 Å². The van der Waals surface area contributed by atoms with Gasteiger partial charge in [0.05, 0.1) is 19.9 Å². The first-order chi connectivity index (χ1) is 14.2. The van der Waals surface area contributed by atoms with Crippen LogP contribution in [0.15, 0.2) is 18.2 Å². The van der Waals surface area contributed by atoms with Gasteiger partial charge in [0.2, 0.25) is 0 Å². The molecule has 29 heavy (non-hydrogen) atoms. The molecule has 0 aliphatic carbocycles. The van der Waals surface area contributed by atoms with Crippen LogP contribution in [0.1, 0.15) is 24.8 Å². The molecular weight excluding hydrogens is 372 g/mol. The summed E-state index contributed by atoms with van der Waals surface area (Å²) in [6.45, 7) is 6.19. The SMILES string of the molecule is O=C1C2CCCCN2C(=O)N1CN1CCN(c2cccc3c2COCCO3)CC1. The lowest BCUT2D eigenvalue weighted by Gasteiger charge is -2.38. The highest BCUT2D eigenvalue weighted by Gasteiger charge is 2.46. The molecule has 4 aliphatic heterocycles. The number of hydrogen-bond donors (Lipinski definition) is 0. The third-order valence-electron chi connectivity index (χ3n) is 6.42. The van der Waals surface area contributed by atoms with Crippen LogP contribution in [-0.4, -0.2) is 85.3 Å². The number of ether oxygens (including phenoxy) is 2. The summed E-state index contributed by atoms with van der Waals surface area (Å²) in [6.07, 6.45) is 2.83. The van der Waals surface area contributed by atoms with Crippen molar-refractivity contribution in [2.75, 3.05) is 57.5 Å². The molecular formula is C21H28N4O4. The van der Waals surface area contributed by atoms with E-state index in [0.29, 0.717) is 33.0 Å². The molecule has 1 atom stereocenters. The number of piperazine rings is 1. The average Bonchev–Trinajstić information content (AvgIpc) is 2.93. The number of benzene rings is 1. The Morgan fingerprint density at radius 2 is 1.86 bits per heavy atom. The minimum Gasteiger partial charge on any atom is -0.491 e. The Balaban J connectivity index is 1.23. The van der Waals surface area contributed by atoms with Crippen LogP contribution in [0.2, 0.25) is 0 Å². The molecule has 0 N–H and O–H groups in total. The van der Waals surface area contributed by atoms with Crippen LogP contribution in [0.4, 0.5) is 10.5 Å². The van der Waals surface area contributed by atoms with E-state index >= 15 is 0 Å². The molecule has 0 saturated carbocycles. The van der Waals surface area contributed by atoms with E-state index in [1.54, 1.807) is 4.90 Å². The predicted octanol–water partition coefficient (Wildman–Crippen LogP) is 1.49. The molecule has 156 valence electrons. The maximum atomic E-state index is 12.7. The monoisotopic (exact) mass is 400 g/mol. The maximum Gasteiger partial charge on any atom is 0.328 e. The van der Waals surface area contributed by atoms with Crippen LogP contribution in [0, 0.1) is 0 Å². The lowest BCUT2D eigenvalue weighted by atomic mass is 10.0. The minimum atomic E-state index is -0.225. The van der Waals surface area contributed by atoms with Crippen molar-refractivity contribution >= 4 is 17.6 Å². The van der Waals surface area contributed by atoms with Crippen molar-refractivity contribution in [2.24, 2.45) is 0 Å². The third-order valence-corrected chi connectivity index (χ3v) is 6.42.